The highest BCUT2D eigenvalue weighted by atomic mass is 16.2. The van der Waals surface area contributed by atoms with E-state index in [2.05, 4.69) is 23.7 Å². The van der Waals surface area contributed by atoms with Gasteiger partial charge in [0.2, 0.25) is 0 Å². The minimum Gasteiger partial charge on any atom is -0.349 e. The monoisotopic (exact) mass is 365 g/mol. The van der Waals surface area contributed by atoms with Crippen molar-refractivity contribution >= 4 is 29.6 Å². The lowest BCUT2D eigenvalue weighted by molar-refractivity contribution is -0.122. The third-order valence-corrected chi connectivity index (χ3v) is 4.86. The fourth-order valence-electron chi connectivity index (χ4n) is 3.27. The summed E-state index contributed by atoms with van der Waals surface area (Å²) in [7, 11) is 0. The Balaban J connectivity index is 2.05. The summed E-state index contributed by atoms with van der Waals surface area (Å²) >= 11 is 0. The first-order valence-corrected chi connectivity index (χ1v) is 8.87. The van der Waals surface area contributed by atoms with Gasteiger partial charge >= 0.3 is 6.03 Å². The number of urea groups is 1. The maximum Gasteiger partial charge on any atom is 0.335 e. The van der Waals surface area contributed by atoms with Crippen molar-refractivity contribution in [3.8, 4) is 0 Å². The number of anilines is 1. The highest BCUT2D eigenvalue weighted by Crippen LogP contribution is 2.27. The minimum absolute atomic E-state index is 0.0589. The van der Waals surface area contributed by atoms with E-state index in [9.17, 15) is 14.4 Å². The van der Waals surface area contributed by atoms with Gasteiger partial charge in [-0.1, -0.05) is 12.1 Å². The maximum atomic E-state index is 13.0. The second-order valence-electron chi connectivity index (χ2n) is 7.09. The molecule has 1 aromatic carbocycles. The van der Waals surface area contributed by atoms with Crippen molar-refractivity contribution in [1.82, 2.24) is 9.88 Å². The number of rotatable bonds is 3. The topological polar surface area (TPSA) is 71.4 Å². The van der Waals surface area contributed by atoms with Gasteiger partial charge in [0.25, 0.3) is 11.8 Å². The molecule has 0 bridgehead atoms. The van der Waals surface area contributed by atoms with Crippen molar-refractivity contribution in [3.05, 3.63) is 58.4 Å². The molecule has 0 aliphatic carbocycles. The molecular weight excluding hydrogens is 342 g/mol. The number of aryl methyl sites for hydroxylation is 2. The molecule has 27 heavy (non-hydrogen) atoms. The average molecular weight is 365 g/mol. The third-order valence-electron chi connectivity index (χ3n) is 4.86. The Morgan fingerprint density at radius 3 is 2.41 bits per heavy atom. The van der Waals surface area contributed by atoms with Crippen LogP contribution in [0, 0.1) is 20.8 Å². The first-order chi connectivity index (χ1) is 12.7. The van der Waals surface area contributed by atoms with Gasteiger partial charge in [0, 0.05) is 17.9 Å². The summed E-state index contributed by atoms with van der Waals surface area (Å²) in [5.74, 6) is -1.30. The normalized spacial score (nSPS) is 16.4. The molecule has 1 saturated heterocycles. The predicted molar refractivity (Wildman–Crippen MR) is 104 cm³/mol. The van der Waals surface area contributed by atoms with Crippen LogP contribution >= 0.6 is 0 Å². The number of barbiturate groups is 1. The molecule has 1 aliphatic heterocycles. The molecule has 1 fully saturated rings. The fraction of sp³-hybridized carbons (Fsp3) is 0.286. The SMILES string of the molecule is Cc1cccc(N2C(=O)NC(=O)/C(=C/c3cc(C)n(C(C)C)c3)C2=O)c1C. The zero-order valence-corrected chi connectivity index (χ0v) is 16.2. The Kier molecular flexibility index (Phi) is 4.74. The molecule has 1 aliphatic rings. The van der Waals surface area contributed by atoms with Gasteiger partial charge in [0.05, 0.1) is 5.69 Å². The second kappa shape index (κ2) is 6.87. The molecule has 1 aromatic heterocycles. The van der Waals surface area contributed by atoms with Gasteiger partial charge in [-0.15, -0.1) is 0 Å². The molecule has 1 N–H and O–H groups in total. The summed E-state index contributed by atoms with van der Waals surface area (Å²) in [6.45, 7) is 9.84. The van der Waals surface area contributed by atoms with E-state index in [4.69, 9.17) is 0 Å². The Morgan fingerprint density at radius 1 is 1.07 bits per heavy atom. The average Bonchev–Trinajstić information content (AvgIpc) is 2.96. The predicted octanol–water partition coefficient (Wildman–Crippen LogP) is 3.66. The van der Waals surface area contributed by atoms with Crippen LogP contribution < -0.4 is 10.2 Å². The number of nitrogens with zero attached hydrogens (tertiary/aromatic N) is 2. The van der Waals surface area contributed by atoms with E-state index in [0.717, 1.165) is 27.3 Å². The quantitative estimate of drug-likeness (QED) is 0.666. The molecule has 0 unspecified atom stereocenters. The molecule has 0 spiro atoms. The van der Waals surface area contributed by atoms with Crippen LogP contribution in [0.1, 0.15) is 42.3 Å². The number of hydrogen-bond donors (Lipinski definition) is 1. The van der Waals surface area contributed by atoms with Crippen molar-refractivity contribution in [2.24, 2.45) is 0 Å². The smallest absolute Gasteiger partial charge is 0.335 e. The van der Waals surface area contributed by atoms with E-state index in [-0.39, 0.29) is 11.6 Å². The number of nitrogens with one attached hydrogen (secondary N) is 1. The molecule has 4 amide bonds. The highest BCUT2D eigenvalue weighted by molar-refractivity contribution is 6.39. The number of imide groups is 2. The summed E-state index contributed by atoms with van der Waals surface area (Å²) in [5, 5.41) is 2.27. The number of carbonyl (C=O) groups excluding carboxylic acids is 3. The summed E-state index contributed by atoms with van der Waals surface area (Å²) in [6.07, 6.45) is 3.43. The van der Waals surface area contributed by atoms with E-state index in [1.54, 1.807) is 12.1 Å². The summed E-state index contributed by atoms with van der Waals surface area (Å²) < 4.78 is 2.06. The van der Waals surface area contributed by atoms with Crippen LogP contribution in [-0.2, 0) is 9.59 Å². The van der Waals surface area contributed by atoms with Crippen molar-refractivity contribution in [2.45, 2.75) is 40.7 Å². The zero-order chi connectivity index (χ0) is 19.9. The molecule has 0 atom stereocenters. The van der Waals surface area contributed by atoms with Crippen LogP contribution in [-0.4, -0.2) is 22.4 Å². The Bertz CT molecular complexity index is 983. The van der Waals surface area contributed by atoms with E-state index in [0.29, 0.717) is 5.69 Å². The van der Waals surface area contributed by atoms with Gasteiger partial charge in [0.15, 0.2) is 0 Å². The number of amides is 4. The van der Waals surface area contributed by atoms with Crippen molar-refractivity contribution in [3.63, 3.8) is 0 Å². The van der Waals surface area contributed by atoms with Crippen molar-refractivity contribution in [1.29, 1.82) is 0 Å². The largest absolute Gasteiger partial charge is 0.349 e. The molecule has 2 heterocycles. The molecule has 0 saturated carbocycles. The minimum atomic E-state index is -0.730. The van der Waals surface area contributed by atoms with E-state index in [1.807, 2.05) is 39.1 Å². The third kappa shape index (κ3) is 3.30. The van der Waals surface area contributed by atoms with Gasteiger partial charge in [0.1, 0.15) is 5.57 Å². The first kappa shape index (κ1) is 18.6. The summed E-state index contributed by atoms with van der Waals surface area (Å²) in [4.78, 5) is 38.7. The van der Waals surface area contributed by atoms with Gasteiger partial charge in [-0.25, -0.2) is 9.69 Å². The highest BCUT2D eigenvalue weighted by Gasteiger charge is 2.37. The zero-order valence-electron chi connectivity index (χ0n) is 16.2. The maximum absolute atomic E-state index is 13.0. The molecule has 2 aromatic rings. The van der Waals surface area contributed by atoms with E-state index < -0.39 is 17.8 Å². The lowest BCUT2D eigenvalue weighted by Crippen LogP contribution is -2.54. The van der Waals surface area contributed by atoms with E-state index >= 15 is 0 Å². The molecule has 3 rings (SSSR count). The van der Waals surface area contributed by atoms with Gasteiger partial charge in [-0.3, -0.25) is 14.9 Å². The van der Waals surface area contributed by atoms with E-state index in [1.165, 1.54) is 6.08 Å². The summed E-state index contributed by atoms with van der Waals surface area (Å²) in [6, 6.07) is 6.83. The van der Waals surface area contributed by atoms with Crippen LogP contribution in [0.15, 0.2) is 36.0 Å². The standard InChI is InChI=1S/C21H23N3O3/c1-12(2)23-11-16(9-14(23)4)10-17-19(25)22-21(27)24(20(17)26)18-8-6-7-13(3)15(18)5/h6-12H,1-5H3,(H,22,25,27)/b17-10-. The second-order valence-corrected chi connectivity index (χ2v) is 7.09. The van der Waals surface area contributed by atoms with Gasteiger partial charge in [-0.2, -0.15) is 0 Å². The number of hydrogen-bond acceptors (Lipinski definition) is 3. The van der Waals surface area contributed by atoms with Gasteiger partial charge in [-0.05, 0) is 69.5 Å². The van der Waals surface area contributed by atoms with Crippen LogP contribution in [0.3, 0.4) is 0 Å². The lowest BCUT2D eigenvalue weighted by atomic mass is 10.0. The van der Waals surface area contributed by atoms with Crippen LogP contribution in [0.2, 0.25) is 0 Å². The fourth-order valence-corrected chi connectivity index (χ4v) is 3.27. The Labute approximate surface area is 158 Å². The van der Waals surface area contributed by atoms with Gasteiger partial charge < -0.3 is 4.57 Å². The van der Waals surface area contributed by atoms with Crippen LogP contribution in [0.4, 0.5) is 10.5 Å². The van der Waals surface area contributed by atoms with Crippen molar-refractivity contribution < 1.29 is 14.4 Å². The lowest BCUT2D eigenvalue weighted by Gasteiger charge is -2.28. The van der Waals surface area contributed by atoms with Crippen LogP contribution in [0.5, 0.6) is 0 Å². The molecular formula is C21H23N3O3. The number of benzene rings is 1. The number of carbonyl (C=O) groups is 3. The molecule has 6 heteroatoms. The van der Waals surface area contributed by atoms with Crippen molar-refractivity contribution in [2.75, 3.05) is 4.90 Å². The molecule has 140 valence electrons. The molecule has 6 nitrogen and oxygen atoms in total. The Morgan fingerprint density at radius 2 is 1.78 bits per heavy atom. The number of aromatic nitrogens is 1. The van der Waals surface area contributed by atoms with Crippen LogP contribution in [0.25, 0.3) is 6.08 Å². The summed E-state index contributed by atoms with van der Waals surface area (Å²) in [5.41, 5.74) is 3.97. The Hall–Kier alpha value is -3.15. The first-order valence-electron chi connectivity index (χ1n) is 8.87. The molecule has 0 radical (unpaired) electrons.